The number of likely N-dealkylation sites (tertiary alicyclic amines) is 1. The maximum absolute atomic E-state index is 13.4. The van der Waals surface area contributed by atoms with Crippen LogP contribution in [0.5, 0.6) is 17.2 Å². The number of methoxy groups -OCH3 is 2. The minimum Gasteiger partial charge on any atom is -0.507 e. The molecule has 206 valence electrons. The molecule has 0 aliphatic carbocycles. The number of rotatable bonds is 12. The molecule has 0 radical (unpaired) electrons. The summed E-state index contributed by atoms with van der Waals surface area (Å²) in [5.41, 5.74) is 1.98. The summed E-state index contributed by atoms with van der Waals surface area (Å²) in [4.78, 5) is 30.4. The maximum Gasteiger partial charge on any atom is 0.295 e. The van der Waals surface area contributed by atoms with Gasteiger partial charge in [-0.25, -0.2) is 0 Å². The molecule has 0 bridgehead atoms. The normalized spacial score (nSPS) is 17.0. The highest BCUT2D eigenvalue weighted by molar-refractivity contribution is 6.46. The number of ketones is 1. The van der Waals surface area contributed by atoms with Crippen LogP contribution < -0.4 is 14.2 Å². The largest absolute Gasteiger partial charge is 0.507 e. The lowest BCUT2D eigenvalue weighted by atomic mass is 9.94. The van der Waals surface area contributed by atoms with Gasteiger partial charge in [0.25, 0.3) is 11.7 Å². The van der Waals surface area contributed by atoms with Gasteiger partial charge in [-0.2, -0.15) is 0 Å². The van der Waals surface area contributed by atoms with E-state index in [1.807, 2.05) is 6.92 Å². The predicted octanol–water partition coefficient (Wildman–Crippen LogP) is 4.81. The third kappa shape index (κ3) is 6.13. The van der Waals surface area contributed by atoms with Gasteiger partial charge in [0.15, 0.2) is 11.5 Å². The van der Waals surface area contributed by atoms with Crippen LogP contribution >= 0.6 is 0 Å². The second-order valence-electron chi connectivity index (χ2n) is 9.82. The molecule has 8 heteroatoms. The number of amides is 1. The Bertz CT molecular complexity index is 1190. The maximum atomic E-state index is 13.4. The second kappa shape index (κ2) is 12.8. The van der Waals surface area contributed by atoms with E-state index in [0.29, 0.717) is 54.0 Å². The summed E-state index contributed by atoms with van der Waals surface area (Å²) in [6, 6.07) is 9.79. The molecule has 0 spiro atoms. The molecule has 2 aromatic carbocycles. The van der Waals surface area contributed by atoms with Crippen LogP contribution in [0.2, 0.25) is 0 Å². The molecular weight excluding hydrogens is 484 g/mol. The van der Waals surface area contributed by atoms with Gasteiger partial charge in [-0.05, 0) is 67.4 Å². The van der Waals surface area contributed by atoms with E-state index in [1.165, 1.54) is 7.11 Å². The smallest absolute Gasteiger partial charge is 0.295 e. The standard InChI is InChI=1S/C30H40N2O6/c1-8-31(9-2)14-15-32-27(21-10-13-24(36-6)25(17-21)37-7)26(29(34)30(32)35)28(33)22-11-12-23(20(5)16-22)38-18-19(3)4/h10-13,16-17,19,27,33H,8-9,14-15,18H2,1-7H3/t27-/m1/s1. The summed E-state index contributed by atoms with van der Waals surface area (Å²) < 4.78 is 16.7. The first kappa shape index (κ1) is 29.0. The Balaban J connectivity index is 2.11. The van der Waals surface area contributed by atoms with Crippen molar-refractivity contribution in [1.29, 1.82) is 0 Å². The van der Waals surface area contributed by atoms with Crippen LogP contribution in [0.25, 0.3) is 5.76 Å². The number of likely N-dealkylation sites (N-methyl/N-ethyl adjacent to an activating group) is 1. The molecule has 1 aliphatic heterocycles. The van der Waals surface area contributed by atoms with Gasteiger partial charge in [0.05, 0.1) is 32.4 Å². The van der Waals surface area contributed by atoms with E-state index in [1.54, 1.807) is 48.4 Å². The molecule has 1 heterocycles. The summed E-state index contributed by atoms with van der Waals surface area (Å²) in [5.74, 6) is 0.534. The van der Waals surface area contributed by atoms with E-state index in [2.05, 4.69) is 32.6 Å². The number of carbonyl (C=O) groups is 2. The molecule has 1 saturated heterocycles. The Hall–Kier alpha value is -3.52. The van der Waals surface area contributed by atoms with Crippen molar-refractivity contribution in [3.05, 3.63) is 58.7 Å². The van der Waals surface area contributed by atoms with E-state index < -0.39 is 17.7 Å². The summed E-state index contributed by atoms with van der Waals surface area (Å²) >= 11 is 0. The highest BCUT2D eigenvalue weighted by atomic mass is 16.5. The third-order valence-electron chi connectivity index (χ3n) is 6.84. The molecule has 8 nitrogen and oxygen atoms in total. The molecule has 0 saturated carbocycles. The van der Waals surface area contributed by atoms with Crippen molar-refractivity contribution in [2.75, 3.05) is 47.0 Å². The average Bonchev–Trinajstić information content (AvgIpc) is 3.16. The minimum absolute atomic E-state index is 0.0528. The number of nitrogens with zero attached hydrogens (tertiary/aromatic N) is 2. The molecule has 0 aromatic heterocycles. The number of benzene rings is 2. The topological polar surface area (TPSA) is 88.5 Å². The van der Waals surface area contributed by atoms with E-state index in [-0.39, 0.29) is 11.3 Å². The first-order valence-corrected chi connectivity index (χ1v) is 13.1. The molecule has 1 aliphatic rings. The van der Waals surface area contributed by atoms with Gasteiger partial charge in [0.2, 0.25) is 0 Å². The monoisotopic (exact) mass is 524 g/mol. The fraction of sp³-hybridized carbons (Fsp3) is 0.467. The van der Waals surface area contributed by atoms with Gasteiger partial charge in [-0.3, -0.25) is 9.59 Å². The van der Waals surface area contributed by atoms with Gasteiger partial charge < -0.3 is 29.1 Å². The van der Waals surface area contributed by atoms with Gasteiger partial charge >= 0.3 is 0 Å². The molecule has 3 rings (SSSR count). The fourth-order valence-corrected chi connectivity index (χ4v) is 4.64. The lowest BCUT2D eigenvalue weighted by Gasteiger charge is -2.28. The Morgan fingerprint density at radius 2 is 1.66 bits per heavy atom. The number of aryl methyl sites for hydroxylation is 1. The van der Waals surface area contributed by atoms with E-state index in [0.717, 1.165) is 18.7 Å². The number of aliphatic hydroxyl groups is 1. The van der Waals surface area contributed by atoms with Crippen LogP contribution in [0.4, 0.5) is 0 Å². The molecule has 1 fully saturated rings. The Morgan fingerprint density at radius 3 is 2.24 bits per heavy atom. The first-order chi connectivity index (χ1) is 18.2. The van der Waals surface area contributed by atoms with Crippen LogP contribution in [-0.2, 0) is 9.59 Å². The van der Waals surface area contributed by atoms with Crippen molar-refractivity contribution < 1.29 is 28.9 Å². The highest BCUT2D eigenvalue weighted by Crippen LogP contribution is 2.42. The van der Waals surface area contributed by atoms with E-state index >= 15 is 0 Å². The molecule has 1 amide bonds. The molecule has 1 atom stereocenters. The number of Topliss-reactive ketones (excluding diaryl/α,β-unsaturated/α-hetero) is 1. The van der Waals surface area contributed by atoms with Crippen LogP contribution in [0, 0.1) is 12.8 Å². The van der Waals surface area contributed by atoms with Crippen molar-refractivity contribution in [2.45, 2.75) is 40.7 Å². The number of carbonyl (C=O) groups excluding carboxylic acids is 2. The predicted molar refractivity (Wildman–Crippen MR) is 148 cm³/mol. The van der Waals surface area contributed by atoms with Gasteiger partial charge in [0.1, 0.15) is 11.5 Å². The van der Waals surface area contributed by atoms with Gasteiger partial charge in [-0.1, -0.05) is 33.8 Å². The molecule has 38 heavy (non-hydrogen) atoms. The Morgan fingerprint density at radius 1 is 1.00 bits per heavy atom. The van der Waals surface area contributed by atoms with Gasteiger partial charge in [-0.15, -0.1) is 0 Å². The average molecular weight is 525 g/mol. The second-order valence-corrected chi connectivity index (χ2v) is 9.82. The van der Waals surface area contributed by atoms with Crippen molar-refractivity contribution in [3.63, 3.8) is 0 Å². The van der Waals surface area contributed by atoms with E-state index in [9.17, 15) is 14.7 Å². The highest BCUT2D eigenvalue weighted by Gasteiger charge is 2.46. The summed E-state index contributed by atoms with van der Waals surface area (Å²) in [5, 5.41) is 11.5. The minimum atomic E-state index is -0.775. The lowest BCUT2D eigenvalue weighted by Crippen LogP contribution is -2.38. The van der Waals surface area contributed by atoms with Crippen molar-refractivity contribution >= 4 is 17.4 Å². The first-order valence-electron chi connectivity index (χ1n) is 13.1. The molecule has 2 aromatic rings. The quantitative estimate of drug-likeness (QED) is 0.242. The summed E-state index contributed by atoms with van der Waals surface area (Å²) in [6.45, 7) is 13.3. The zero-order valence-electron chi connectivity index (χ0n) is 23.5. The number of hydrogen-bond acceptors (Lipinski definition) is 7. The Labute approximate surface area is 225 Å². The number of aliphatic hydroxyl groups excluding tert-OH is 1. The SMILES string of the molecule is CCN(CC)CCN1C(=O)C(=O)C(=C(O)c2ccc(OCC(C)C)c(C)c2)[C@H]1c1ccc(OC)c(OC)c1. The van der Waals surface area contributed by atoms with Crippen LogP contribution in [0.15, 0.2) is 42.0 Å². The van der Waals surface area contributed by atoms with E-state index in [4.69, 9.17) is 14.2 Å². The summed E-state index contributed by atoms with van der Waals surface area (Å²) in [7, 11) is 3.08. The number of hydrogen-bond donors (Lipinski definition) is 1. The van der Waals surface area contributed by atoms with Crippen LogP contribution in [-0.4, -0.2) is 73.6 Å². The van der Waals surface area contributed by atoms with Gasteiger partial charge in [0, 0.05) is 18.7 Å². The van der Waals surface area contributed by atoms with Crippen molar-refractivity contribution in [3.8, 4) is 17.2 Å². The van der Waals surface area contributed by atoms with Crippen LogP contribution in [0.3, 0.4) is 0 Å². The third-order valence-corrected chi connectivity index (χ3v) is 6.84. The van der Waals surface area contributed by atoms with Crippen molar-refractivity contribution in [1.82, 2.24) is 9.80 Å². The van der Waals surface area contributed by atoms with Crippen LogP contribution in [0.1, 0.15) is 50.4 Å². The molecule has 1 N–H and O–H groups in total. The molecular formula is C30H40N2O6. The van der Waals surface area contributed by atoms with Crippen molar-refractivity contribution in [2.24, 2.45) is 5.92 Å². The number of ether oxygens (including phenoxy) is 3. The fourth-order valence-electron chi connectivity index (χ4n) is 4.64. The zero-order valence-corrected chi connectivity index (χ0v) is 23.5. The lowest BCUT2D eigenvalue weighted by molar-refractivity contribution is -0.140. The molecule has 0 unspecified atom stereocenters. The summed E-state index contributed by atoms with van der Waals surface area (Å²) in [6.07, 6.45) is 0. The Kier molecular flexibility index (Phi) is 9.80. The zero-order chi connectivity index (χ0) is 28.0.